The minimum absolute atomic E-state index is 0.242. The van der Waals surface area contributed by atoms with Crippen molar-refractivity contribution in [1.82, 2.24) is 0 Å². The molecule has 0 radical (unpaired) electrons. The largest absolute Gasteiger partial charge is 0.497 e. The maximum atomic E-state index is 12.4. The van der Waals surface area contributed by atoms with Crippen molar-refractivity contribution in [3.63, 3.8) is 0 Å². The fourth-order valence-corrected chi connectivity index (χ4v) is 4.25. The molecule has 0 aromatic heterocycles. The number of rotatable bonds is 2. The van der Waals surface area contributed by atoms with Crippen molar-refractivity contribution in [1.29, 1.82) is 0 Å². The van der Waals surface area contributed by atoms with Crippen molar-refractivity contribution in [2.45, 2.75) is 25.7 Å². The van der Waals surface area contributed by atoms with Crippen molar-refractivity contribution < 1.29 is 14.2 Å². The zero-order valence-electron chi connectivity index (χ0n) is 13.0. The number of allylic oxidation sites excluding steroid dienone is 7. The lowest BCUT2D eigenvalue weighted by atomic mass is 9.59. The van der Waals surface area contributed by atoms with Gasteiger partial charge in [0.2, 0.25) is 6.20 Å². The van der Waals surface area contributed by atoms with Gasteiger partial charge in [0.1, 0.15) is 10.5 Å². The molecular weight excluding hydrogens is 278 g/mol. The molecular formula is C18H20NO3+. The van der Waals surface area contributed by atoms with Crippen LogP contribution in [-0.4, -0.2) is 19.0 Å². The van der Waals surface area contributed by atoms with Gasteiger partial charge in [-0.3, -0.25) is 0 Å². The molecule has 0 aromatic carbocycles. The highest BCUT2D eigenvalue weighted by Crippen LogP contribution is 2.55. The third-order valence-electron chi connectivity index (χ3n) is 5.30. The van der Waals surface area contributed by atoms with Gasteiger partial charge in [-0.05, 0) is 54.9 Å². The van der Waals surface area contributed by atoms with Crippen LogP contribution in [0.3, 0.4) is 0 Å². The van der Waals surface area contributed by atoms with E-state index in [2.05, 4.69) is 12.2 Å². The molecule has 114 valence electrons. The molecule has 0 spiro atoms. The topological polar surface area (TPSA) is 38.5 Å². The summed E-state index contributed by atoms with van der Waals surface area (Å²) in [7, 11) is 3.25. The summed E-state index contributed by atoms with van der Waals surface area (Å²) >= 11 is 0. The van der Waals surface area contributed by atoms with Crippen LogP contribution in [-0.2, 0) is 9.47 Å². The molecule has 4 nitrogen and oxygen atoms in total. The molecule has 3 bridgehead atoms. The highest BCUT2D eigenvalue weighted by Gasteiger charge is 2.46. The lowest BCUT2D eigenvalue weighted by molar-refractivity contribution is -0.462. The first kappa shape index (κ1) is 13.6. The second-order valence-corrected chi connectivity index (χ2v) is 6.50. The first-order chi connectivity index (χ1) is 10.6. The molecule has 2 unspecified atom stereocenters. The van der Waals surface area contributed by atoms with Crippen molar-refractivity contribution in [2.24, 2.45) is 11.3 Å². The minimum atomic E-state index is -0.242. The van der Waals surface area contributed by atoms with E-state index in [1.807, 2.05) is 12.2 Å². The zero-order valence-corrected chi connectivity index (χ0v) is 13.0. The van der Waals surface area contributed by atoms with Crippen molar-refractivity contribution in [3.8, 4) is 0 Å². The SMILES string of the molecule is COC1=CC2=C3CC4CC/C3=C/[N+](=O)/C(OC)=C\C2(C=C1)C4. The molecule has 22 heavy (non-hydrogen) atoms. The Hall–Kier alpha value is -2.10. The minimum Gasteiger partial charge on any atom is -0.497 e. The molecule has 1 aliphatic heterocycles. The fraction of sp³-hybridized carbons (Fsp3) is 0.444. The first-order valence-corrected chi connectivity index (χ1v) is 7.78. The standard InChI is InChI=1S/C18H20NO3/c1-21-14-5-6-18-9-12-3-4-13(15(7-12)16(18)8-14)11-19(20)17(10-18)22-2/h5-6,8,10-12H,3-4,7,9H2,1-2H3/q+1/b13-11-,17-10+. The maximum absolute atomic E-state index is 12.4. The second-order valence-electron chi connectivity index (χ2n) is 6.50. The molecule has 2 atom stereocenters. The van der Waals surface area contributed by atoms with Crippen LogP contribution in [0.15, 0.2) is 58.9 Å². The molecule has 4 aliphatic rings. The van der Waals surface area contributed by atoms with Crippen LogP contribution in [0.25, 0.3) is 0 Å². The van der Waals surface area contributed by atoms with Gasteiger partial charge in [-0.15, -0.1) is 0 Å². The predicted octanol–water partition coefficient (Wildman–Crippen LogP) is 3.74. The van der Waals surface area contributed by atoms with E-state index in [1.54, 1.807) is 20.4 Å². The Kier molecular flexibility index (Phi) is 2.90. The van der Waals surface area contributed by atoms with Crippen LogP contribution in [0.1, 0.15) is 25.7 Å². The summed E-state index contributed by atoms with van der Waals surface area (Å²) in [5, 5.41) is 0. The maximum Gasteiger partial charge on any atom is 0.419 e. The summed E-state index contributed by atoms with van der Waals surface area (Å²) in [6, 6.07) is 0. The molecule has 4 rings (SSSR count). The number of hydrogen-bond acceptors (Lipinski definition) is 3. The summed E-state index contributed by atoms with van der Waals surface area (Å²) < 4.78 is 11.7. The summed E-state index contributed by atoms with van der Waals surface area (Å²) in [5.41, 5.74) is 3.51. The molecule has 0 amide bonds. The quantitative estimate of drug-likeness (QED) is 0.729. The summed E-state index contributed by atoms with van der Waals surface area (Å²) in [6.45, 7) is 0. The van der Waals surface area contributed by atoms with Gasteiger partial charge in [-0.25, -0.2) is 0 Å². The van der Waals surface area contributed by atoms with Gasteiger partial charge < -0.3 is 9.47 Å². The van der Waals surface area contributed by atoms with Crippen LogP contribution >= 0.6 is 0 Å². The number of nitroso groups, excluding NO2 is 1. The lowest BCUT2D eigenvalue weighted by Crippen LogP contribution is -2.34. The Morgan fingerprint density at radius 1 is 1.32 bits per heavy atom. The Balaban J connectivity index is 2.01. The molecule has 3 aliphatic carbocycles. The molecule has 0 saturated heterocycles. The second kappa shape index (κ2) is 4.70. The molecule has 1 heterocycles. The van der Waals surface area contributed by atoms with Crippen LogP contribution in [0.4, 0.5) is 0 Å². The first-order valence-electron chi connectivity index (χ1n) is 7.78. The number of fused-ring (bicyclic) bond motifs is 1. The van der Waals surface area contributed by atoms with E-state index in [0.29, 0.717) is 11.8 Å². The molecule has 1 fully saturated rings. The van der Waals surface area contributed by atoms with Gasteiger partial charge in [0.05, 0.1) is 14.2 Å². The Morgan fingerprint density at radius 3 is 2.95 bits per heavy atom. The lowest BCUT2D eigenvalue weighted by Gasteiger charge is -2.44. The van der Waals surface area contributed by atoms with E-state index < -0.39 is 0 Å². The van der Waals surface area contributed by atoms with Crippen molar-refractivity contribution in [3.05, 3.63) is 63.8 Å². The number of ether oxygens (including phenoxy) is 2. The van der Waals surface area contributed by atoms with Crippen molar-refractivity contribution in [2.75, 3.05) is 14.2 Å². The Bertz CT molecular complexity index is 708. The van der Waals surface area contributed by atoms with E-state index >= 15 is 0 Å². The third kappa shape index (κ3) is 1.83. The molecule has 0 aromatic rings. The predicted molar refractivity (Wildman–Crippen MR) is 82.5 cm³/mol. The molecule has 4 heteroatoms. The zero-order chi connectivity index (χ0) is 15.3. The molecule has 0 N–H and O–H groups in total. The number of nitrogens with zero attached hydrogens (tertiary/aromatic N) is 1. The van der Waals surface area contributed by atoms with Gasteiger partial charge in [0.15, 0.2) is 0 Å². The summed E-state index contributed by atoms with van der Waals surface area (Å²) in [6.07, 6.45) is 14.2. The molecule has 1 saturated carbocycles. The van der Waals surface area contributed by atoms with Crippen LogP contribution in [0, 0.1) is 16.2 Å². The monoisotopic (exact) mass is 298 g/mol. The van der Waals surface area contributed by atoms with E-state index in [0.717, 1.165) is 41.8 Å². The van der Waals surface area contributed by atoms with Crippen LogP contribution < -0.4 is 0 Å². The van der Waals surface area contributed by atoms with Crippen molar-refractivity contribution >= 4 is 0 Å². The Morgan fingerprint density at radius 2 is 2.18 bits per heavy atom. The van der Waals surface area contributed by atoms with E-state index in [4.69, 9.17) is 9.47 Å². The smallest absolute Gasteiger partial charge is 0.419 e. The third-order valence-corrected chi connectivity index (χ3v) is 5.30. The normalized spacial score (nSPS) is 37.3. The van der Waals surface area contributed by atoms with Crippen LogP contribution in [0.5, 0.6) is 0 Å². The highest BCUT2D eigenvalue weighted by molar-refractivity contribution is 5.55. The van der Waals surface area contributed by atoms with E-state index in [-0.39, 0.29) is 5.41 Å². The average molecular weight is 298 g/mol. The number of methoxy groups -OCH3 is 2. The highest BCUT2D eigenvalue weighted by atomic mass is 16.5. The van der Waals surface area contributed by atoms with Crippen LogP contribution in [0.2, 0.25) is 0 Å². The Labute approximate surface area is 130 Å². The summed E-state index contributed by atoms with van der Waals surface area (Å²) in [4.78, 5) is 12.4. The number of hydrogen-bond donors (Lipinski definition) is 0. The van der Waals surface area contributed by atoms with E-state index in [1.165, 1.54) is 11.1 Å². The summed E-state index contributed by atoms with van der Waals surface area (Å²) in [5.74, 6) is 1.91. The van der Waals surface area contributed by atoms with Gasteiger partial charge in [-0.2, -0.15) is 0 Å². The van der Waals surface area contributed by atoms with Gasteiger partial charge >= 0.3 is 5.88 Å². The van der Waals surface area contributed by atoms with Gasteiger partial charge in [0, 0.05) is 22.0 Å². The van der Waals surface area contributed by atoms with Gasteiger partial charge in [0.25, 0.3) is 0 Å². The van der Waals surface area contributed by atoms with E-state index in [9.17, 15) is 4.91 Å². The van der Waals surface area contributed by atoms with Gasteiger partial charge in [-0.1, -0.05) is 6.08 Å². The fourth-order valence-electron chi connectivity index (χ4n) is 4.25. The average Bonchev–Trinajstić information content (AvgIpc) is 2.54.